The van der Waals surface area contributed by atoms with Crippen LogP contribution in [0.2, 0.25) is 0 Å². The van der Waals surface area contributed by atoms with Crippen LogP contribution in [0.25, 0.3) is 0 Å². The Morgan fingerprint density at radius 2 is 1.70 bits per heavy atom. The van der Waals surface area contributed by atoms with Crippen LogP contribution in [0.5, 0.6) is 17.2 Å². The summed E-state index contributed by atoms with van der Waals surface area (Å²) in [6, 6.07) is 7.91. The Morgan fingerprint density at radius 3 is 2.23 bits per heavy atom. The molecule has 1 saturated heterocycles. The van der Waals surface area contributed by atoms with Crippen molar-refractivity contribution in [1.29, 1.82) is 0 Å². The molecule has 1 aliphatic heterocycles. The van der Waals surface area contributed by atoms with Gasteiger partial charge < -0.3 is 24.4 Å². The number of ether oxygens (including phenoxy) is 3. The first-order valence-electron chi connectivity index (χ1n) is 9.59. The van der Waals surface area contributed by atoms with Crippen molar-refractivity contribution in [3.05, 3.63) is 51.6 Å². The standard InChI is InChI=1S/C21H25N3O6/c1-28-18-10-14(11-19(29-2)20(18)30-3)13-22-21(25)16-12-15(24(26)27)6-7-17(16)23-8-4-5-9-23/h6-7,10-12H,4-5,8-9,13H2,1-3H3,(H,22,25). The number of nitro benzene ring substituents is 1. The highest BCUT2D eigenvalue weighted by Crippen LogP contribution is 2.38. The zero-order valence-corrected chi connectivity index (χ0v) is 17.3. The largest absolute Gasteiger partial charge is 0.493 e. The van der Waals surface area contributed by atoms with Crippen LogP contribution in [0, 0.1) is 10.1 Å². The summed E-state index contributed by atoms with van der Waals surface area (Å²) in [7, 11) is 4.56. The number of amides is 1. The molecule has 9 nitrogen and oxygen atoms in total. The monoisotopic (exact) mass is 415 g/mol. The van der Waals surface area contributed by atoms with E-state index in [0.717, 1.165) is 31.5 Å². The number of methoxy groups -OCH3 is 3. The summed E-state index contributed by atoms with van der Waals surface area (Å²) in [5, 5.41) is 14.1. The number of rotatable bonds is 8. The molecule has 9 heteroatoms. The zero-order valence-electron chi connectivity index (χ0n) is 17.3. The van der Waals surface area contributed by atoms with Crippen molar-refractivity contribution < 1.29 is 23.9 Å². The molecule has 2 aromatic rings. The Morgan fingerprint density at radius 1 is 1.07 bits per heavy atom. The van der Waals surface area contributed by atoms with Crippen LogP contribution >= 0.6 is 0 Å². The third-order valence-electron chi connectivity index (χ3n) is 5.06. The van der Waals surface area contributed by atoms with Gasteiger partial charge in [-0.05, 0) is 36.6 Å². The lowest BCUT2D eigenvalue weighted by Crippen LogP contribution is -2.27. The van der Waals surface area contributed by atoms with Crippen molar-refractivity contribution in [2.24, 2.45) is 0 Å². The summed E-state index contributed by atoms with van der Waals surface area (Å²) in [4.78, 5) is 25.7. The Balaban J connectivity index is 1.85. The van der Waals surface area contributed by atoms with Crippen LogP contribution in [0.4, 0.5) is 11.4 Å². The summed E-state index contributed by atoms with van der Waals surface area (Å²) < 4.78 is 16.0. The summed E-state index contributed by atoms with van der Waals surface area (Å²) in [6.07, 6.45) is 2.06. The third kappa shape index (κ3) is 4.40. The molecule has 2 aromatic carbocycles. The predicted octanol–water partition coefficient (Wildman–Crippen LogP) is 3.15. The fourth-order valence-corrected chi connectivity index (χ4v) is 3.57. The predicted molar refractivity (Wildman–Crippen MR) is 112 cm³/mol. The summed E-state index contributed by atoms with van der Waals surface area (Å²) in [5.74, 6) is 1.04. The number of carbonyl (C=O) groups excluding carboxylic acids is 1. The molecule has 1 heterocycles. The van der Waals surface area contributed by atoms with Gasteiger partial charge in [0.15, 0.2) is 11.5 Å². The molecular formula is C21H25N3O6. The van der Waals surface area contributed by atoms with Gasteiger partial charge in [0.25, 0.3) is 11.6 Å². The lowest BCUT2D eigenvalue weighted by atomic mass is 10.1. The second-order valence-electron chi connectivity index (χ2n) is 6.87. The van der Waals surface area contributed by atoms with E-state index in [1.165, 1.54) is 33.5 Å². The lowest BCUT2D eigenvalue weighted by Gasteiger charge is -2.21. The number of hydrogen-bond donors (Lipinski definition) is 1. The van der Waals surface area contributed by atoms with E-state index >= 15 is 0 Å². The minimum absolute atomic E-state index is 0.115. The number of benzene rings is 2. The second-order valence-corrected chi connectivity index (χ2v) is 6.87. The molecule has 1 N–H and O–H groups in total. The van der Waals surface area contributed by atoms with Crippen molar-refractivity contribution in [2.45, 2.75) is 19.4 Å². The molecular weight excluding hydrogens is 390 g/mol. The molecule has 0 saturated carbocycles. The van der Waals surface area contributed by atoms with Crippen LogP contribution in [0.15, 0.2) is 30.3 Å². The summed E-state index contributed by atoms with van der Waals surface area (Å²) in [5.41, 5.74) is 1.63. The van der Waals surface area contributed by atoms with Gasteiger partial charge in [-0.1, -0.05) is 0 Å². The molecule has 1 aliphatic rings. The molecule has 30 heavy (non-hydrogen) atoms. The van der Waals surface area contributed by atoms with E-state index in [1.54, 1.807) is 18.2 Å². The maximum Gasteiger partial charge on any atom is 0.270 e. The molecule has 0 radical (unpaired) electrons. The summed E-state index contributed by atoms with van der Waals surface area (Å²) >= 11 is 0. The topological polar surface area (TPSA) is 103 Å². The fourth-order valence-electron chi connectivity index (χ4n) is 3.57. The highest BCUT2D eigenvalue weighted by molar-refractivity contribution is 6.00. The van der Waals surface area contributed by atoms with Gasteiger partial charge >= 0.3 is 0 Å². The first-order valence-corrected chi connectivity index (χ1v) is 9.59. The molecule has 0 unspecified atom stereocenters. The van der Waals surface area contributed by atoms with Crippen LogP contribution in [-0.4, -0.2) is 45.2 Å². The average Bonchev–Trinajstić information content (AvgIpc) is 3.30. The normalized spacial score (nSPS) is 13.1. The SMILES string of the molecule is COc1cc(CNC(=O)c2cc([N+](=O)[O-])ccc2N2CCCC2)cc(OC)c1OC. The number of carbonyl (C=O) groups is 1. The van der Waals surface area contributed by atoms with Gasteiger partial charge in [0.2, 0.25) is 5.75 Å². The number of nitrogens with zero attached hydrogens (tertiary/aromatic N) is 2. The second kappa shape index (κ2) is 9.34. The van der Waals surface area contributed by atoms with Crippen LogP contribution < -0.4 is 24.4 Å². The minimum atomic E-state index is -0.496. The van der Waals surface area contributed by atoms with E-state index in [2.05, 4.69) is 10.2 Å². The van der Waals surface area contributed by atoms with E-state index in [9.17, 15) is 14.9 Å². The third-order valence-corrected chi connectivity index (χ3v) is 5.06. The van der Waals surface area contributed by atoms with Crippen molar-refractivity contribution in [3.8, 4) is 17.2 Å². The van der Waals surface area contributed by atoms with E-state index in [1.807, 2.05) is 0 Å². The first-order chi connectivity index (χ1) is 14.5. The molecule has 0 aliphatic carbocycles. The number of non-ortho nitro benzene ring substituents is 1. The van der Waals surface area contributed by atoms with Crippen molar-refractivity contribution in [2.75, 3.05) is 39.3 Å². The molecule has 0 spiro atoms. The number of hydrogen-bond acceptors (Lipinski definition) is 7. The molecule has 3 rings (SSSR count). The maximum absolute atomic E-state index is 13.0. The first kappa shape index (κ1) is 21.2. The van der Waals surface area contributed by atoms with Crippen LogP contribution in [0.1, 0.15) is 28.8 Å². The number of nitrogens with one attached hydrogen (secondary N) is 1. The van der Waals surface area contributed by atoms with Crippen LogP contribution in [-0.2, 0) is 6.54 Å². The smallest absolute Gasteiger partial charge is 0.270 e. The van der Waals surface area contributed by atoms with Crippen molar-refractivity contribution >= 4 is 17.3 Å². The molecule has 0 bridgehead atoms. The quantitative estimate of drug-likeness (QED) is 0.522. The maximum atomic E-state index is 13.0. The van der Waals surface area contributed by atoms with Crippen molar-refractivity contribution in [1.82, 2.24) is 5.32 Å². The van der Waals surface area contributed by atoms with Crippen molar-refractivity contribution in [3.63, 3.8) is 0 Å². The van der Waals surface area contributed by atoms with E-state index in [0.29, 0.717) is 28.5 Å². The van der Waals surface area contributed by atoms with Gasteiger partial charge in [-0.15, -0.1) is 0 Å². The van der Waals surface area contributed by atoms with E-state index in [4.69, 9.17) is 14.2 Å². The van der Waals surface area contributed by atoms with E-state index in [-0.39, 0.29) is 18.1 Å². The Hall–Kier alpha value is -3.49. The minimum Gasteiger partial charge on any atom is -0.493 e. The molecule has 0 atom stereocenters. The van der Waals surface area contributed by atoms with Gasteiger partial charge in [0, 0.05) is 31.8 Å². The molecule has 160 valence electrons. The lowest BCUT2D eigenvalue weighted by molar-refractivity contribution is -0.384. The van der Waals surface area contributed by atoms with Gasteiger partial charge in [-0.25, -0.2) is 0 Å². The summed E-state index contributed by atoms with van der Waals surface area (Å²) in [6.45, 7) is 1.84. The fraction of sp³-hybridized carbons (Fsp3) is 0.381. The Labute approximate surface area is 174 Å². The highest BCUT2D eigenvalue weighted by Gasteiger charge is 2.23. The number of anilines is 1. The molecule has 1 amide bonds. The average molecular weight is 415 g/mol. The number of nitro groups is 1. The van der Waals surface area contributed by atoms with Gasteiger partial charge in [-0.3, -0.25) is 14.9 Å². The van der Waals surface area contributed by atoms with Crippen LogP contribution in [0.3, 0.4) is 0 Å². The van der Waals surface area contributed by atoms with Gasteiger partial charge in [0.1, 0.15) is 0 Å². The Bertz CT molecular complexity index is 915. The molecule has 0 aromatic heterocycles. The Kier molecular flexibility index (Phi) is 6.61. The molecule has 1 fully saturated rings. The highest BCUT2D eigenvalue weighted by atomic mass is 16.6. The zero-order chi connectivity index (χ0) is 21.7. The van der Waals surface area contributed by atoms with Gasteiger partial charge in [0.05, 0.1) is 37.5 Å². The van der Waals surface area contributed by atoms with E-state index < -0.39 is 4.92 Å². The van der Waals surface area contributed by atoms with Gasteiger partial charge in [-0.2, -0.15) is 0 Å².